The fraction of sp³-hybridized carbons (Fsp3) is 0.188. The molecule has 106 valence electrons. The van der Waals surface area contributed by atoms with Crippen LogP contribution < -0.4 is 10.5 Å². The molecule has 0 aliphatic carbocycles. The van der Waals surface area contributed by atoms with E-state index in [1.54, 1.807) is 24.3 Å². The van der Waals surface area contributed by atoms with Crippen LogP contribution in [-0.2, 0) is 0 Å². The first-order valence-electron chi connectivity index (χ1n) is 6.10. The number of nitrogens with two attached hydrogens (primary N) is 1. The topological polar surface area (TPSA) is 52.3 Å². The van der Waals surface area contributed by atoms with E-state index >= 15 is 0 Å². The fourth-order valence-corrected chi connectivity index (χ4v) is 1.87. The number of benzene rings is 2. The molecule has 0 saturated heterocycles. The molecule has 0 saturated carbocycles. The molecule has 3 nitrogen and oxygen atoms in total. The Bertz CT molecular complexity index is 546. The summed E-state index contributed by atoms with van der Waals surface area (Å²) in [5.74, 6) is 0.636. The average Bonchev–Trinajstić information content (AvgIpc) is 2.38. The van der Waals surface area contributed by atoms with Crippen molar-refractivity contribution in [2.45, 2.75) is 13.8 Å². The van der Waals surface area contributed by atoms with Crippen molar-refractivity contribution >= 4 is 22.5 Å². The van der Waals surface area contributed by atoms with Gasteiger partial charge in [-0.1, -0.05) is 12.1 Å². The van der Waals surface area contributed by atoms with E-state index in [2.05, 4.69) is 6.07 Å². The summed E-state index contributed by atoms with van der Waals surface area (Å²) >= 11 is 5.24. The molecule has 0 radical (unpaired) electrons. The summed E-state index contributed by atoms with van der Waals surface area (Å²) in [6, 6.07) is 12.7. The standard InChI is InChI=1S/C8H7ClO2.C8H11N/c1-11-7-4-2-3-6(5-7)8(9)10;1-6-3-7(2)5-8(9)4-6/h2-5H,1H3;3-5H,9H2,1-2H3. The molecule has 0 aliphatic rings. The minimum Gasteiger partial charge on any atom is -0.497 e. The Labute approximate surface area is 124 Å². The van der Waals surface area contributed by atoms with Crippen molar-refractivity contribution in [3.05, 3.63) is 59.2 Å². The van der Waals surface area contributed by atoms with Crippen LogP contribution in [0.1, 0.15) is 21.5 Å². The van der Waals surface area contributed by atoms with Gasteiger partial charge in [0, 0.05) is 11.3 Å². The van der Waals surface area contributed by atoms with Gasteiger partial charge in [-0.3, -0.25) is 4.79 Å². The van der Waals surface area contributed by atoms with Crippen LogP contribution in [0.2, 0.25) is 0 Å². The van der Waals surface area contributed by atoms with Gasteiger partial charge in [0.25, 0.3) is 5.24 Å². The van der Waals surface area contributed by atoms with Gasteiger partial charge in [0.1, 0.15) is 5.75 Å². The van der Waals surface area contributed by atoms with Gasteiger partial charge < -0.3 is 10.5 Å². The summed E-state index contributed by atoms with van der Waals surface area (Å²) in [6.07, 6.45) is 0. The second kappa shape index (κ2) is 7.56. The van der Waals surface area contributed by atoms with Crippen molar-refractivity contribution in [2.24, 2.45) is 0 Å². The third kappa shape index (κ3) is 5.33. The third-order valence-corrected chi connectivity index (χ3v) is 2.76. The minimum atomic E-state index is -0.469. The highest BCUT2D eigenvalue weighted by molar-refractivity contribution is 6.67. The van der Waals surface area contributed by atoms with E-state index < -0.39 is 5.24 Å². The van der Waals surface area contributed by atoms with Gasteiger partial charge in [-0.2, -0.15) is 0 Å². The maximum absolute atomic E-state index is 10.6. The van der Waals surface area contributed by atoms with Crippen LogP contribution in [0.3, 0.4) is 0 Å². The Kier molecular flexibility index (Phi) is 6.07. The predicted octanol–water partition coefficient (Wildman–Crippen LogP) is 3.96. The number of hydrogen-bond acceptors (Lipinski definition) is 3. The molecule has 0 bridgehead atoms. The molecule has 2 N–H and O–H groups in total. The Morgan fingerprint density at radius 2 is 1.70 bits per heavy atom. The van der Waals surface area contributed by atoms with Crippen molar-refractivity contribution in [1.29, 1.82) is 0 Å². The number of carbonyl (C=O) groups is 1. The second-order valence-electron chi connectivity index (χ2n) is 4.43. The third-order valence-electron chi connectivity index (χ3n) is 2.54. The largest absolute Gasteiger partial charge is 0.497 e. The van der Waals surface area contributed by atoms with Crippen LogP contribution in [0.25, 0.3) is 0 Å². The van der Waals surface area contributed by atoms with E-state index in [0.717, 1.165) is 5.69 Å². The molecule has 2 aromatic carbocycles. The molecule has 0 aromatic heterocycles. The number of rotatable bonds is 2. The van der Waals surface area contributed by atoms with Crippen LogP contribution in [0.15, 0.2) is 42.5 Å². The van der Waals surface area contributed by atoms with Crippen LogP contribution in [0.4, 0.5) is 5.69 Å². The molecule has 2 aromatic rings. The number of aryl methyl sites for hydroxylation is 2. The highest BCUT2D eigenvalue weighted by Gasteiger charge is 2.01. The van der Waals surface area contributed by atoms with Gasteiger partial charge in [0.2, 0.25) is 0 Å². The van der Waals surface area contributed by atoms with Gasteiger partial charge in [0.05, 0.1) is 7.11 Å². The summed E-state index contributed by atoms with van der Waals surface area (Å²) in [4.78, 5) is 10.6. The Morgan fingerprint density at radius 3 is 2.15 bits per heavy atom. The zero-order valence-corrected chi connectivity index (χ0v) is 12.6. The van der Waals surface area contributed by atoms with E-state index in [1.165, 1.54) is 18.2 Å². The molecule has 0 fully saturated rings. The lowest BCUT2D eigenvalue weighted by atomic mass is 10.1. The van der Waals surface area contributed by atoms with Crippen LogP contribution in [0, 0.1) is 13.8 Å². The van der Waals surface area contributed by atoms with Crippen LogP contribution >= 0.6 is 11.6 Å². The van der Waals surface area contributed by atoms with Crippen molar-refractivity contribution in [2.75, 3.05) is 12.8 Å². The quantitative estimate of drug-likeness (QED) is 0.673. The zero-order valence-electron chi connectivity index (χ0n) is 11.8. The fourth-order valence-electron chi connectivity index (χ4n) is 1.76. The Morgan fingerprint density at radius 1 is 1.10 bits per heavy atom. The number of ether oxygens (including phenoxy) is 1. The van der Waals surface area contributed by atoms with Crippen LogP contribution in [-0.4, -0.2) is 12.4 Å². The number of halogens is 1. The number of hydrogen-bond donors (Lipinski definition) is 1. The zero-order chi connectivity index (χ0) is 15.1. The second-order valence-corrected chi connectivity index (χ2v) is 4.77. The highest BCUT2D eigenvalue weighted by atomic mass is 35.5. The SMILES string of the molecule is COc1cccc(C(=O)Cl)c1.Cc1cc(C)cc(N)c1. The van der Waals surface area contributed by atoms with E-state index in [-0.39, 0.29) is 0 Å². The molecular formula is C16H18ClNO2. The number of anilines is 1. The summed E-state index contributed by atoms with van der Waals surface area (Å²) in [6.45, 7) is 4.09. The number of carbonyl (C=O) groups excluding carboxylic acids is 1. The molecule has 4 heteroatoms. The van der Waals surface area contributed by atoms with Crippen molar-refractivity contribution in [1.82, 2.24) is 0 Å². The molecule has 0 atom stereocenters. The molecule has 0 unspecified atom stereocenters. The lowest BCUT2D eigenvalue weighted by molar-refractivity contribution is 0.108. The maximum atomic E-state index is 10.6. The Balaban J connectivity index is 0.000000204. The molecule has 0 amide bonds. The number of methoxy groups -OCH3 is 1. The molecule has 2 rings (SSSR count). The van der Waals surface area contributed by atoms with Gasteiger partial charge >= 0.3 is 0 Å². The minimum absolute atomic E-state index is 0.450. The van der Waals surface area contributed by atoms with Gasteiger partial charge in [-0.25, -0.2) is 0 Å². The highest BCUT2D eigenvalue weighted by Crippen LogP contribution is 2.13. The maximum Gasteiger partial charge on any atom is 0.252 e. The van der Waals surface area contributed by atoms with Crippen molar-refractivity contribution in [3.8, 4) is 5.75 Å². The summed E-state index contributed by atoms with van der Waals surface area (Å²) in [5, 5.41) is -0.469. The summed E-state index contributed by atoms with van der Waals surface area (Å²) in [7, 11) is 1.54. The lowest BCUT2D eigenvalue weighted by Crippen LogP contribution is -1.89. The lowest BCUT2D eigenvalue weighted by Gasteiger charge is -1.98. The van der Waals surface area contributed by atoms with Gasteiger partial charge in [-0.05, 0) is 66.9 Å². The van der Waals surface area contributed by atoms with Gasteiger partial charge in [0.15, 0.2) is 0 Å². The van der Waals surface area contributed by atoms with Crippen molar-refractivity contribution < 1.29 is 9.53 Å². The van der Waals surface area contributed by atoms with Crippen LogP contribution in [0.5, 0.6) is 5.75 Å². The summed E-state index contributed by atoms with van der Waals surface area (Å²) < 4.78 is 4.89. The van der Waals surface area contributed by atoms with E-state index in [1.807, 2.05) is 26.0 Å². The first-order valence-corrected chi connectivity index (χ1v) is 6.48. The molecular weight excluding hydrogens is 274 g/mol. The first-order chi connectivity index (χ1) is 9.42. The van der Waals surface area contributed by atoms with Gasteiger partial charge in [-0.15, -0.1) is 0 Å². The molecule has 0 spiro atoms. The molecule has 0 heterocycles. The normalized spacial score (nSPS) is 9.40. The molecule has 0 aliphatic heterocycles. The van der Waals surface area contributed by atoms with E-state index in [9.17, 15) is 4.79 Å². The average molecular weight is 292 g/mol. The monoisotopic (exact) mass is 291 g/mol. The number of nitrogen functional groups attached to an aromatic ring is 1. The predicted molar refractivity (Wildman–Crippen MR) is 83.5 cm³/mol. The Hall–Kier alpha value is -2.00. The summed E-state index contributed by atoms with van der Waals surface area (Å²) in [5.41, 5.74) is 9.32. The van der Waals surface area contributed by atoms with E-state index in [4.69, 9.17) is 22.1 Å². The smallest absolute Gasteiger partial charge is 0.252 e. The molecule has 20 heavy (non-hydrogen) atoms. The van der Waals surface area contributed by atoms with E-state index in [0.29, 0.717) is 11.3 Å². The first kappa shape index (κ1) is 16.1. The van der Waals surface area contributed by atoms with Crippen molar-refractivity contribution in [3.63, 3.8) is 0 Å².